The van der Waals surface area contributed by atoms with Crippen molar-refractivity contribution in [2.24, 2.45) is 5.73 Å². The standard InChI is InChI=1S/C11H24N2OS/c1-3-5-6-8-15-9-7-10(11(12)14)13-4-2/h10,13H,3-9H2,1-2H3,(H2,12,14). The van der Waals surface area contributed by atoms with Gasteiger partial charge in [0.1, 0.15) is 0 Å². The van der Waals surface area contributed by atoms with Crippen molar-refractivity contribution >= 4 is 17.7 Å². The van der Waals surface area contributed by atoms with Gasteiger partial charge in [-0.25, -0.2) is 0 Å². The Balaban J connectivity index is 3.41. The van der Waals surface area contributed by atoms with Gasteiger partial charge in [-0.15, -0.1) is 0 Å². The molecule has 0 aliphatic rings. The van der Waals surface area contributed by atoms with Gasteiger partial charge in [0.25, 0.3) is 0 Å². The van der Waals surface area contributed by atoms with Crippen LogP contribution in [0.5, 0.6) is 0 Å². The first kappa shape index (κ1) is 14.8. The molecule has 0 spiro atoms. The lowest BCUT2D eigenvalue weighted by atomic mass is 10.2. The second kappa shape index (κ2) is 10.3. The Morgan fingerprint density at radius 3 is 2.60 bits per heavy atom. The number of unbranched alkanes of at least 4 members (excludes halogenated alkanes) is 2. The summed E-state index contributed by atoms with van der Waals surface area (Å²) in [6.45, 7) is 5.00. The molecule has 0 saturated heterocycles. The second-order valence-electron chi connectivity index (χ2n) is 3.62. The molecular weight excluding hydrogens is 208 g/mol. The Kier molecular flexibility index (Phi) is 10.2. The Hall–Kier alpha value is -0.220. The highest BCUT2D eigenvalue weighted by molar-refractivity contribution is 7.99. The fourth-order valence-electron chi connectivity index (χ4n) is 1.35. The molecule has 3 nitrogen and oxygen atoms in total. The van der Waals surface area contributed by atoms with Crippen LogP contribution in [0.25, 0.3) is 0 Å². The minimum absolute atomic E-state index is 0.145. The van der Waals surface area contributed by atoms with Crippen molar-refractivity contribution < 1.29 is 4.79 Å². The number of carbonyl (C=O) groups excluding carboxylic acids is 1. The average molecular weight is 232 g/mol. The first-order valence-electron chi connectivity index (χ1n) is 5.82. The van der Waals surface area contributed by atoms with Gasteiger partial charge < -0.3 is 11.1 Å². The van der Waals surface area contributed by atoms with Crippen LogP contribution in [0, 0.1) is 0 Å². The maximum Gasteiger partial charge on any atom is 0.234 e. The Morgan fingerprint density at radius 1 is 1.33 bits per heavy atom. The van der Waals surface area contributed by atoms with Crippen molar-refractivity contribution in [2.45, 2.75) is 45.6 Å². The number of nitrogens with two attached hydrogens (primary N) is 1. The summed E-state index contributed by atoms with van der Waals surface area (Å²) >= 11 is 1.92. The zero-order chi connectivity index (χ0) is 11.5. The third-order valence-electron chi connectivity index (χ3n) is 2.24. The summed E-state index contributed by atoms with van der Waals surface area (Å²) in [6, 6.07) is -0.145. The van der Waals surface area contributed by atoms with Crippen molar-refractivity contribution in [1.29, 1.82) is 0 Å². The highest BCUT2D eigenvalue weighted by atomic mass is 32.2. The van der Waals surface area contributed by atoms with E-state index in [0.717, 1.165) is 18.7 Å². The molecule has 0 aliphatic heterocycles. The fourth-order valence-corrected chi connectivity index (χ4v) is 2.36. The zero-order valence-electron chi connectivity index (χ0n) is 9.92. The molecule has 1 atom stereocenters. The van der Waals surface area contributed by atoms with Crippen LogP contribution >= 0.6 is 11.8 Å². The summed E-state index contributed by atoms with van der Waals surface area (Å²) in [4.78, 5) is 11.0. The number of thioether (sulfide) groups is 1. The lowest BCUT2D eigenvalue weighted by Gasteiger charge is -2.13. The average Bonchev–Trinajstić information content (AvgIpc) is 2.21. The van der Waals surface area contributed by atoms with Crippen molar-refractivity contribution in [1.82, 2.24) is 5.32 Å². The molecule has 0 aromatic rings. The number of hydrogen-bond acceptors (Lipinski definition) is 3. The molecule has 0 heterocycles. The summed E-state index contributed by atoms with van der Waals surface area (Å²) in [5, 5.41) is 3.10. The van der Waals surface area contributed by atoms with Gasteiger partial charge in [-0.05, 0) is 30.9 Å². The monoisotopic (exact) mass is 232 g/mol. The van der Waals surface area contributed by atoms with Gasteiger partial charge in [0, 0.05) is 0 Å². The summed E-state index contributed by atoms with van der Waals surface area (Å²) in [5.74, 6) is 1.99. The minimum Gasteiger partial charge on any atom is -0.368 e. The third-order valence-corrected chi connectivity index (χ3v) is 3.34. The second-order valence-corrected chi connectivity index (χ2v) is 4.85. The van der Waals surface area contributed by atoms with E-state index in [0.29, 0.717) is 0 Å². The topological polar surface area (TPSA) is 55.1 Å². The van der Waals surface area contributed by atoms with Gasteiger partial charge in [-0.3, -0.25) is 4.79 Å². The Bertz CT molecular complexity index is 165. The quantitative estimate of drug-likeness (QED) is 0.564. The van der Waals surface area contributed by atoms with Crippen LogP contribution in [0.3, 0.4) is 0 Å². The largest absolute Gasteiger partial charge is 0.368 e. The predicted octanol–water partition coefficient (Wildman–Crippen LogP) is 1.76. The summed E-state index contributed by atoms with van der Waals surface area (Å²) in [6.07, 6.45) is 4.70. The van der Waals surface area contributed by atoms with Gasteiger partial charge in [0.05, 0.1) is 6.04 Å². The van der Waals surface area contributed by atoms with Gasteiger partial charge in [-0.1, -0.05) is 26.7 Å². The highest BCUT2D eigenvalue weighted by Crippen LogP contribution is 2.08. The number of likely N-dealkylation sites (N-methyl/N-ethyl adjacent to an activating group) is 1. The van der Waals surface area contributed by atoms with E-state index in [1.165, 1.54) is 25.0 Å². The summed E-state index contributed by atoms with van der Waals surface area (Å²) in [7, 11) is 0. The molecule has 0 aromatic heterocycles. The van der Waals surface area contributed by atoms with E-state index in [1.54, 1.807) is 0 Å². The van der Waals surface area contributed by atoms with Crippen LogP contribution in [-0.2, 0) is 4.79 Å². The zero-order valence-corrected chi connectivity index (χ0v) is 10.7. The molecule has 0 rings (SSSR count). The van der Waals surface area contributed by atoms with Crippen molar-refractivity contribution in [3.63, 3.8) is 0 Å². The molecule has 3 N–H and O–H groups in total. The molecule has 0 aromatic carbocycles. The van der Waals surface area contributed by atoms with E-state index in [2.05, 4.69) is 12.2 Å². The van der Waals surface area contributed by atoms with Crippen LogP contribution in [-0.4, -0.2) is 30.0 Å². The number of amides is 1. The van der Waals surface area contributed by atoms with Crippen molar-refractivity contribution in [2.75, 3.05) is 18.1 Å². The first-order chi connectivity index (χ1) is 7.22. The maximum absolute atomic E-state index is 11.0. The molecule has 15 heavy (non-hydrogen) atoms. The van der Waals surface area contributed by atoms with Crippen LogP contribution < -0.4 is 11.1 Å². The van der Waals surface area contributed by atoms with E-state index in [9.17, 15) is 4.79 Å². The lowest BCUT2D eigenvalue weighted by molar-refractivity contribution is -0.120. The van der Waals surface area contributed by atoms with Crippen molar-refractivity contribution in [3.8, 4) is 0 Å². The number of rotatable bonds is 10. The number of nitrogens with one attached hydrogen (secondary N) is 1. The molecule has 0 fully saturated rings. The Labute approximate surface area is 97.6 Å². The van der Waals surface area contributed by atoms with E-state index in [4.69, 9.17) is 5.73 Å². The van der Waals surface area contributed by atoms with Gasteiger partial charge in [-0.2, -0.15) is 11.8 Å². The molecule has 0 radical (unpaired) electrons. The molecule has 1 amide bonds. The highest BCUT2D eigenvalue weighted by Gasteiger charge is 2.12. The lowest BCUT2D eigenvalue weighted by Crippen LogP contribution is -2.41. The van der Waals surface area contributed by atoms with E-state index in [1.807, 2.05) is 18.7 Å². The van der Waals surface area contributed by atoms with Crippen LogP contribution in [0.1, 0.15) is 39.5 Å². The summed E-state index contributed by atoms with van der Waals surface area (Å²) in [5.41, 5.74) is 5.27. The normalized spacial score (nSPS) is 12.7. The number of primary amides is 1. The van der Waals surface area contributed by atoms with Gasteiger partial charge in [0.15, 0.2) is 0 Å². The molecule has 0 saturated carbocycles. The van der Waals surface area contributed by atoms with Crippen molar-refractivity contribution in [3.05, 3.63) is 0 Å². The maximum atomic E-state index is 11.0. The van der Waals surface area contributed by atoms with Crippen LogP contribution in [0.15, 0.2) is 0 Å². The van der Waals surface area contributed by atoms with E-state index >= 15 is 0 Å². The molecule has 4 heteroatoms. The molecule has 0 aliphatic carbocycles. The first-order valence-corrected chi connectivity index (χ1v) is 6.98. The van der Waals surface area contributed by atoms with Crippen LogP contribution in [0.2, 0.25) is 0 Å². The van der Waals surface area contributed by atoms with E-state index in [-0.39, 0.29) is 11.9 Å². The molecule has 90 valence electrons. The SMILES string of the molecule is CCCCCSCCC(NCC)C(N)=O. The molecule has 1 unspecified atom stereocenters. The molecule has 0 bridgehead atoms. The fraction of sp³-hybridized carbons (Fsp3) is 0.909. The van der Waals surface area contributed by atoms with E-state index < -0.39 is 0 Å². The predicted molar refractivity (Wildman–Crippen MR) is 68.1 cm³/mol. The number of carbonyl (C=O) groups is 1. The molecular formula is C11H24N2OS. The summed E-state index contributed by atoms with van der Waals surface area (Å²) < 4.78 is 0. The minimum atomic E-state index is -0.231. The third kappa shape index (κ3) is 8.75. The smallest absolute Gasteiger partial charge is 0.234 e. The van der Waals surface area contributed by atoms with Gasteiger partial charge in [0.2, 0.25) is 5.91 Å². The van der Waals surface area contributed by atoms with Gasteiger partial charge >= 0.3 is 0 Å². The van der Waals surface area contributed by atoms with Crippen LogP contribution in [0.4, 0.5) is 0 Å². The number of hydrogen-bond donors (Lipinski definition) is 2. The Morgan fingerprint density at radius 2 is 2.07 bits per heavy atom.